The minimum absolute atomic E-state index is 0.0367. The lowest BCUT2D eigenvalue weighted by Gasteiger charge is -2.26. The number of carbonyl (C=O) groups excluding carboxylic acids is 2. The second-order valence-electron chi connectivity index (χ2n) is 6.92. The molecule has 12 heteroatoms. The zero-order valence-electron chi connectivity index (χ0n) is 17.1. The second kappa shape index (κ2) is 9.85. The van der Waals surface area contributed by atoms with Gasteiger partial charge in [0.15, 0.2) is 6.61 Å². The molecule has 1 N–H and O–H groups in total. The van der Waals surface area contributed by atoms with E-state index in [1.165, 1.54) is 46.8 Å². The minimum Gasteiger partial charge on any atom is -0.452 e. The van der Waals surface area contributed by atoms with E-state index in [9.17, 15) is 28.1 Å². The molecule has 0 atom stereocenters. The Morgan fingerprint density at radius 1 is 1.16 bits per heavy atom. The van der Waals surface area contributed by atoms with Crippen LogP contribution < -0.4 is 5.32 Å². The molecule has 1 heterocycles. The molecule has 0 bridgehead atoms. The zero-order valence-corrected chi connectivity index (χ0v) is 18.0. The van der Waals surface area contributed by atoms with Crippen LogP contribution in [0.25, 0.3) is 0 Å². The van der Waals surface area contributed by atoms with Gasteiger partial charge < -0.3 is 14.8 Å². The van der Waals surface area contributed by atoms with Crippen molar-refractivity contribution in [2.24, 2.45) is 0 Å². The van der Waals surface area contributed by atoms with Crippen LogP contribution in [0.4, 0.5) is 11.4 Å². The number of nitrogens with zero attached hydrogens (tertiary/aromatic N) is 2. The number of morpholine rings is 1. The van der Waals surface area contributed by atoms with Crippen LogP contribution >= 0.6 is 0 Å². The van der Waals surface area contributed by atoms with Crippen molar-refractivity contribution in [2.75, 3.05) is 38.2 Å². The number of anilines is 1. The lowest BCUT2D eigenvalue weighted by Crippen LogP contribution is -2.40. The van der Waals surface area contributed by atoms with Crippen LogP contribution in [0, 0.1) is 17.0 Å². The van der Waals surface area contributed by atoms with Gasteiger partial charge in [0.1, 0.15) is 0 Å². The summed E-state index contributed by atoms with van der Waals surface area (Å²) in [7, 11) is -3.69. The third kappa shape index (κ3) is 5.46. The fourth-order valence-corrected chi connectivity index (χ4v) is 4.40. The van der Waals surface area contributed by atoms with Crippen LogP contribution in [0.1, 0.15) is 15.9 Å². The molecule has 170 valence electrons. The zero-order chi connectivity index (χ0) is 23.3. The van der Waals surface area contributed by atoms with Crippen molar-refractivity contribution in [3.8, 4) is 0 Å². The summed E-state index contributed by atoms with van der Waals surface area (Å²) in [5, 5.41) is 13.4. The number of hydrogen-bond acceptors (Lipinski definition) is 8. The van der Waals surface area contributed by atoms with E-state index in [2.05, 4.69) is 5.32 Å². The molecule has 0 aromatic heterocycles. The molecule has 0 aliphatic carbocycles. The number of carbonyl (C=O) groups is 2. The third-order valence-corrected chi connectivity index (χ3v) is 6.63. The molecule has 1 aliphatic heterocycles. The van der Waals surface area contributed by atoms with Crippen molar-refractivity contribution >= 4 is 33.3 Å². The highest BCUT2D eigenvalue weighted by atomic mass is 32.2. The van der Waals surface area contributed by atoms with E-state index in [1.807, 2.05) is 0 Å². The van der Waals surface area contributed by atoms with Crippen LogP contribution in [0.5, 0.6) is 0 Å². The Labute approximate surface area is 184 Å². The topological polar surface area (TPSA) is 145 Å². The molecule has 0 radical (unpaired) electrons. The maximum absolute atomic E-state index is 12.6. The molecule has 2 aromatic carbocycles. The summed E-state index contributed by atoms with van der Waals surface area (Å²) in [5.74, 6) is -1.49. The average molecular weight is 463 g/mol. The van der Waals surface area contributed by atoms with Gasteiger partial charge in [-0.25, -0.2) is 13.2 Å². The predicted molar refractivity (Wildman–Crippen MR) is 113 cm³/mol. The Kier molecular flexibility index (Phi) is 7.18. The molecule has 1 amide bonds. The van der Waals surface area contributed by atoms with Crippen LogP contribution in [0.3, 0.4) is 0 Å². The molecule has 11 nitrogen and oxygen atoms in total. The SMILES string of the molecule is Cc1ccc(NC(=O)COC(=O)c2ccc(S(=O)(=O)N3CCOCC3)cc2)cc1[N+](=O)[O-]. The maximum atomic E-state index is 12.6. The van der Waals surface area contributed by atoms with Gasteiger partial charge in [-0.2, -0.15) is 4.31 Å². The average Bonchev–Trinajstić information content (AvgIpc) is 2.79. The van der Waals surface area contributed by atoms with Crippen molar-refractivity contribution in [1.29, 1.82) is 0 Å². The van der Waals surface area contributed by atoms with Crippen molar-refractivity contribution < 1.29 is 32.4 Å². The number of aryl methyl sites for hydroxylation is 1. The smallest absolute Gasteiger partial charge is 0.338 e. The third-order valence-electron chi connectivity index (χ3n) is 4.72. The van der Waals surface area contributed by atoms with E-state index in [0.717, 1.165) is 0 Å². The number of nitro benzene ring substituents is 1. The number of benzene rings is 2. The minimum atomic E-state index is -3.69. The molecule has 1 aliphatic rings. The molecular weight excluding hydrogens is 442 g/mol. The summed E-state index contributed by atoms with van der Waals surface area (Å²) in [6.45, 7) is 2.11. The first-order chi connectivity index (χ1) is 15.2. The first-order valence-corrected chi connectivity index (χ1v) is 11.0. The summed E-state index contributed by atoms with van der Waals surface area (Å²) in [4.78, 5) is 34.7. The van der Waals surface area contributed by atoms with Gasteiger partial charge in [0, 0.05) is 30.4 Å². The Morgan fingerprint density at radius 3 is 2.44 bits per heavy atom. The summed E-state index contributed by atoms with van der Waals surface area (Å²) in [5.41, 5.74) is 0.566. The van der Waals surface area contributed by atoms with Crippen molar-refractivity contribution in [3.63, 3.8) is 0 Å². The highest BCUT2D eigenvalue weighted by Gasteiger charge is 2.26. The molecule has 0 saturated carbocycles. The van der Waals surface area contributed by atoms with Gasteiger partial charge in [-0.3, -0.25) is 14.9 Å². The Hall–Kier alpha value is -3.35. The Bertz CT molecular complexity index is 1130. The van der Waals surface area contributed by atoms with Gasteiger partial charge in [-0.05, 0) is 37.3 Å². The summed E-state index contributed by atoms with van der Waals surface area (Å²) < 4.78 is 36.6. The molecule has 0 unspecified atom stereocenters. The Morgan fingerprint density at radius 2 is 1.81 bits per heavy atom. The fraction of sp³-hybridized carbons (Fsp3) is 0.300. The molecule has 1 saturated heterocycles. The monoisotopic (exact) mass is 463 g/mol. The normalized spacial score (nSPS) is 14.5. The van der Waals surface area contributed by atoms with Crippen LogP contribution in [-0.4, -0.2) is 62.4 Å². The number of sulfonamides is 1. The van der Waals surface area contributed by atoms with Gasteiger partial charge in [0.2, 0.25) is 10.0 Å². The molecule has 2 aromatic rings. The van der Waals surface area contributed by atoms with Gasteiger partial charge in [0.05, 0.1) is 28.6 Å². The van der Waals surface area contributed by atoms with E-state index >= 15 is 0 Å². The van der Waals surface area contributed by atoms with E-state index in [0.29, 0.717) is 18.8 Å². The summed E-state index contributed by atoms with van der Waals surface area (Å²) in [6, 6.07) is 9.40. The highest BCUT2D eigenvalue weighted by Crippen LogP contribution is 2.22. The fourth-order valence-electron chi connectivity index (χ4n) is 2.99. The van der Waals surface area contributed by atoms with Crippen LogP contribution in [0.2, 0.25) is 0 Å². The van der Waals surface area contributed by atoms with E-state index in [4.69, 9.17) is 9.47 Å². The van der Waals surface area contributed by atoms with Crippen molar-refractivity contribution in [3.05, 3.63) is 63.7 Å². The van der Waals surface area contributed by atoms with Crippen molar-refractivity contribution in [1.82, 2.24) is 4.31 Å². The molecular formula is C20H21N3O8S. The van der Waals surface area contributed by atoms with Gasteiger partial charge in [-0.15, -0.1) is 0 Å². The standard InChI is InChI=1S/C20H21N3O8S/c1-14-2-5-16(12-18(14)23(26)27)21-19(24)13-31-20(25)15-3-6-17(7-4-15)32(28,29)22-8-10-30-11-9-22/h2-7,12H,8-11,13H2,1H3,(H,21,24). The summed E-state index contributed by atoms with van der Waals surface area (Å²) in [6.07, 6.45) is 0. The van der Waals surface area contributed by atoms with E-state index < -0.39 is 33.4 Å². The lowest BCUT2D eigenvalue weighted by molar-refractivity contribution is -0.385. The van der Waals surface area contributed by atoms with Crippen LogP contribution in [-0.2, 0) is 24.3 Å². The molecule has 0 spiro atoms. The number of esters is 1. The van der Waals surface area contributed by atoms with Gasteiger partial charge >= 0.3 is 5.97 Å². The number of amides is 1. The van der Waals surface area contributed by atoms with Crippen LogP contribution in [0.15, 0.2) is 47.4 Å². The quantitative estimate of drug-likeness (QED) is 0.371. The van der Waals surface area contributed by atoms with Gasteiger partial charge in [-0.1, -0.05) is 6.07 Å². The number of nitrogens with one attached hydrogen (secondary N) is 1. The number of nitro groups is 1. The van der Waals surface area contributed by atoms with E-state index in [-0.39, 0.29) is 34.9 Å². The molecule has 32 heavy (non-hydrogen) atoms. The largest absolute Gasteiger partial charge is 0.452 e. The second-order valence-corrected chi connectivity index (χ2v) is 8.86. The van der Waals surface area contributed by atoms with Crippen molar-refractivity contribution in [2.45, 2.75) is 11.8 Å². The number of ether oxygens (including phenoxy) is 2. The first kappa shape index (κ1) is 23.3. The molecule has 1 fully saturated rings. The molecule has 3 rings (SSSR count). The maximum Gasteiger partial charge on any atom is 0.338 e. The summed E-state index contributed by atoms with van der Waals surface area (Å²) >= 11 is 0. The number of rotatable bonds is 7. The lowest BCUT2D eigenvalue weighted by atomic mass is 10.2. The number of hydrogen-bond donors (Lipinski definition) is 1. The first-order valence-electron chi connectivity index (χ1n) is 9.58. The van der Waals surface area contributed by atoms with Gasteiger partial charge in [0.25, 0.3) is 11.6 Å². The van der Waals surface area contributed by atoms with E-state index in [1.54, 1.807) is 6.92 Å². The Balaban J connectivity index is 1.57. The predicted octanol–water partition coefficient (Wildman–Crippen LogP) is 1.72. The highest BCUT2D eigenvalue weighted by molar-refractivity contribution is 7.89.